The second-order valence-electron chi connectivity index (χ2n) is 5.87. The molecule has 0 saturated carbocycles. The first-order valence-corrected chi connectivity index (χ1v) is 8.30. The number of aryl methyl sites for hydroxylation is 2. The van der Waals surface area contributed by atoms with Crippen molar-refractivity contribution in [3.63, 3.8) is 0 Å². The number of nitrogens with zero attached hydrogens (tertiary/aromatic N) is 4. The molecule has 1 N–H and O–H groups in total. The van der Waals surface area contributed by atoms with E-state index in [1.807, 2.05) is 20.0 Å². The lowest BCUT2D eigenvalue weighted by Gasteiger charge is -2.07. The minimum absolute atomic E-state index is 0.574. The molecule has 7 heteroatoms. The number of H-pyrrole nitrogens is 1. The largest absolute Gasteiger partial charge is 0.439 e. The SMILES string of the molecule is Cc1nn(C)c(Oc2ccc(Cl)cc2)c1-c1nc2ccc(C#N)cc2[nH]1. The summed E-state index contributed by atoms with van der Waals surface area (Å²) in [6.07, 6.45) is 0. The minimum atomic E-state index is 0.574. The van der Waals surface area contributed by atoms with Gasteiger partial charge in [0, 0.05) is 12.1 Å². The standard InChI is InChI=1S/C19H14ClN5O/c1-11-17(18-22-15-8-3-12(10-21)9-16(15)23-18)19(25(2)24-11)26-14-6-4-13(20)5-7-14/h3-9H,1-2H3,(H,22,23). The van der Waals surface area contributed by atoms with Gasteiger partial charge in [-0.25, -0.2) is 9.67 Å². The number of nitrogens with one attached hydrogen (secondary N) is 1. The van der Waals surface area contributed by atoms with Crippen LogP contribution in [0.3, 0.4) is 0 Å². The molecule has 26 heavy (non-hydrogen) atoms. The summed E-state index contributed by atoms with van der Waals surface area (Å²) in [4.78, 5) is 7.89. The molecular formula is C19H14ClN5O. The van der Waals surface area contributed by atoms with Crippen LogP contribution in [0.2, 0.25) is 5.02 Å². The number of rotatable bonds is 3. The number of nitriles is 1. The zero-order chi connectivity index (χ0) is 18.3. The van der Waals surface area contributed by atoms with Crippen LogP contribution in [0.4, 0.5) is 0 Å². The number of imidazole rings is 1. The maximum absolute atomic E-state index is 9.07. The Morgan fingerprint density at radius 1 is 1.19 bits per heavy atom. The third-order valence-corrected chi connectivity index (χ3v) is 4.30. The molecule has 0 bridgehead atoms. The van der Waals surface area contributed by atoms with Crippen LogP contribution < -0.4 is 4.74 Å². The van der Waals surface area contributed by atoms with Crippen LogP contribution in [0.25, 0.3) is 22.4 Å². The van der Waals surface area contributed by atoms with Crippen LogP contribution in [-0.2, 0) is 7.05 Å². The van der Waals surface area contributed by atoms with Crippen molar-refractivity contribution in [2.75, 3.05) is 0 Å². The van der Waals surface area contributed by atoms with Gasteiger partial charge in [-0.3, -0.25) is 0 Å². The van der Waals surface area contributed by atoms with E-state index in [0.29, 0.717) is 28.0 Å². The normalized spacial score (nSPS) is 10.8. The molecule has 0 aliphatic heterocycles. The Labute approximate surface area is 154 Å². The van der Waals surface area contributed by atoms with Crippen LogP contribution in [-0.4, -0.2) is 19.7 Å². The summed E-state index contributed by atoms with van der Waals surface area (Å²) in [5, 5.41) is 14.2. The Morgan fingerprint density at radius 3 is 2.69 bits per heavy atom. The number of hydrogen-bond acceptors (Lipinski definition) is 4. The lowest BCUT2D eigenvalue weighted by Crippen LogP contribution is -1.96. The summed E-state index contributed by atoms with van der Waals surface area (Å²) in [6.45, 7) is 1.90. The number of halogens is 1. The van der Waals surface area contributed by atoms with E-state index in [1.165, 1.54) is 0 Å². The summed E-state index contributed by atoms with van der Waals surface area (Å²) in [5.74, 6) is 1.87. The second kappa shape index (κ2) is 6.21. The Hall–Kier alpha value is -3.30. The van der Waals surface area contributed by atoms with Crippen LogP contribution in [0.5, 0.6) is 11.6 Å². The van der Waals surface area contributed by atoms with Crippen molar-refractivity contribution < 1.29 is 4.74 Å². The Morgan fingerprint density at radius 2 is 1.96 bits per heavy atom. The summed E-state index contributed by atoms with van der Waals surface area (Å²) < 4.78 is 7.71. The molecule has 0 spiro atoms. The van der Waals surface area contributed by atoms with Gasteiger partial charge in [0.15, 0.2) is 0 Å². The van der Waals surface area contributed by atoms with Crippen molar-refractivity contribution in [1.29, 1.82) is 5.26 Å². The van der Waals surface area contributed by atoms with E-state index in [9.17, 15) is 0 Å². The van der Waals surface area contributed by atoms with Gasteiger partial charge >= 0.3 is 0 Å². The number of hydrogen-bond donors (Lipinski definition) is 1. The fourth-order valence-electron chi connectivity index (χ4n) is 2.84. The van der Waals surface area contributed by atoms with E-state index in [2.05, 4.69) is 21.1 Å². The first kappa shape index (κ1) is 16.2. The molecule has 0 radical (unpaired) electrons. The molecular weight excluding hydrogens is 350 g/mol. The highest BCUT2D eigenvalue weighted by atomic mass is 35.5. The van der Waals surface area contributed by atoms with Gasteiger partial charge < -0.3 is 9.72 Å². The molecule has 6 nitrogen and oxygen atoms in total. The number of fused-ring (bicyclic) bond motifs is 1. The summed E-state index contributed by atoms with van der Waals surface area (Å²) in [5.41, 5.74) is 3.71. The summed E-state index contributed by atoms with van der Waals surface area (Å²) in [6, 6.07) is 14.6. The Balaban J connectivity index is 1.81. The first-order valence-electron chi connectivity index (χ1n) is 7.92. The zero-order valence-corrected chi connectivity index (χ0v) is 14.9. The molecule has 128 valence electrons. The monoisotopic (exact) mass is 363 g/mol. The van der Waals surface area contributed by atoms with Gasteiger partial charge in [-0.2, -0.15) is 10.4 Å². The zero-order valence-electron chi connectivity index (χ0n) is 14.1. The average Bonchev–Trinajstić information content (AvgIpc) is 3.16. The van der Waals surface area contributed by atoms with Gasteiger partial charge in [-0.15, -0.1) is 0 Å². The first-order chi connectivity index (χ1) is 12.5. The molecule has 2 heterocycles. The number of aromatic amines is 1. The molecule has 2 aromatic carbocycles. The lowest BCUT2D eigenvalue weighted by molar-refractivity contribution is 0.432. The van der Waals surface area contributed by atoms with Crippen molar-refractivity contribution in [1.82, 2.24) is 19.7 Å². The molecule has 4 rings (SSSR count). The fourth-order valence-corrected chi connectivity index (χ4v) is 2.96. The predicted octanol–water partition coefficient (Wildman–Crippen LogP) is 4.59. The maximum atomic E-state index is 9.07. The van der Waals surface area contributed by atoms with E-state index >= 15 is 0 Å². The van der Waals surface area contributed by atoms with E-state index < -0.39 is 0 Å². The lowest BCUT2D eigenvalue weighted by atomic mass is 10.2. The maximum Gasteiger partial charge on any atom is 0.228 e. The highest BCUT2D eigenvalue weighted by Gasteiger charge is 2.20. The highest BCUT2D eigenvalue weighted by molar-refractivity contribution is 6.30. The van der Waals surface area contributed by atoms with Gasteiger partial charge in [0.1, 0.15) is 17.1 Å². The van der Waals surface area contributed by atoms with Crippen molar-refractivity contribution in [3.05, 3.63) is 58.7 Å². The summed E-state index contributed by atoms with van der Waals surface area (Å²) >= 11 is 5.94. The van der Waals surface area contributed by atoms with E-state index in [1.54, 1.807) is 41.1 Å². The van der Waals surface area contributed by atoms with Gasteiger partial charge in [0.2, 0.25) is 5.88 Å². The smallest absolute Gasteiger partial charge is 0.228 e. The molecule has 0 fully saturated rings. The third kappa shape index (κ3) is 2.79. The quantitative estimate of drug-likeness (QED) is 0.577. The van der Waals surface area contributed by atoms with Gasteiger partial charge in [-0.05, 0) is 49.4 Å². The molecule has 0 atom stereocenters. The van der Waals surface area contributed by atoms with Crippen molar-refractivity contribution in [3.8, 4) is 29.1 Å². The van der Waals surface area contributed by atoms with Crippen LogP contribution >= 0.6 is 11.6 Å². The number of aromatic nitrogens is 4. The Bertz CT molecular complexity index is 1150. The van der Waals surface area contributed by atoms with Gasteiger partial charge in [0.25, 0.3) is 0 Å². The molecule has 0 unspecified atom stereocenters. The number of ether oxygens (including phenoxy) is 1. The van der Waals surface area contributed by atoms with Crippen LogP contribution in [0.15, 0.2) is 42.5 Å². The fraction of sp³-hybridized carbons (Fsp3) is 0.105. The molecule has 0 amide bonds. The predicted molar refractivity (Wildman–Crippen MR) is 99.3 cm³/mol. The molecule has 0 saturated heterocycles. The molecule has 2 aromatic heterocycles. The number of benzene rings is 2. The van der Waals surface area contributed by atoms with E-state index in [4.69, 9.17) is 21.6 Å². The average molecular weight is 364 g/mol. The van der Waals surface area contributed by atoms with Crippen molar-refractivity contribution in [2.45, 2.75) is 6.92 Å². The highest BCUT2D eigenvalue weighted by Crippen LogP contribution is 2.35. The van der Waals surface area contributed by atoms with Gasteiger partial charge in [0.05, 0.1) is 28.4 Å². The molecule has 0 aliphatic rings. The van der Waals surface area contributed by atoms with Crippen LogP contribution in [0, 0.1) is 18.3 Å². The van der Waals surface area contributed by atoms with E-state index in [0.717, 1.165) is 22.3 Å². The van der Waals surface area contributed by atoms with Gasteiger partial charge in [-0.1, -0.05) is 11.6 Å². The van der Waals surface area contributed by atoms with Crippen molar-refractivity contribution >= 4 is 22.6 Å². The summed E-state index contributed by atoms with van der Waals surface area (Å²) in [7, 11) is 1.82. The van der Waals surface area contributed by atoms with Crippen LogP contribution in [0.1, 0.15) is 11.3 Å². The van der Waals surface area contributed by atoms with E-state index in [-0.39, 0.29) is 0 Å². The second-order valence-corrected chi connectivity index (χ2v) is 6.31. The van der Waals surface area contributed by atoms with Crippen molar-refractivity contribution in [2.24, 2.45) is 7.05 Å². The Kier molecular flexibility index (Phi) is 3.86. The third-order valence-electron chi connectivity index (χ3n) is 4.05. The molecule has 4 aromatic rings. The topological polar surface area (TPSA) is 79.5 Å². The molecule has 0 aliphatic carbocycles. The minimum Gasteiger partial charge on any atom is -0.439 e.